The minimum absolute atomic E-state index is 0.00145. The molecular formula is C18H21N5O2. The van der Waals surface area contributed by atoms with E-state index in [9.17, 15) is 4.79 Å². The van der Waals surface area contributed by atoms with Gasteiger partial charge in [0.1, 0.15) is 5.75 Å². The van der Waals surface area contributed by atoms with E-state index >= 15 is 0 Å². The molecule has 2 heterocycles. The first-order valence-corrected chi connectivity index (χ1v) is 8.17. The van der Waals surface area contributed by atoms with E-state index in [-0.39, 0.29) is 5.91 Å². The monoisotopic (exact) mass is 339 g/mol. The molecule has 2 N–H and O–H groups in total. The normalized spacial score (nSPS) is 10.6. The fourth-order valence-electron chi connectivity index (χ4n) is 2.58. The maximum absolute atomic E-state index is 11.9. The van der Waals surface area contributed by atoms with Crippen molar-refractivity contribution in [2.45, 2.75) is 13.0 Å². The second kappa shape index (κ2) is 8.14. The molecule has 0 bridgehead atoms. The highest BCUT2D eigenvalue weighted by atomic mass is 16.5. The van der Waals surface area contributed by atoms with Gasteiger partial charge >= 0.3 is 0 Å². The van der Waals surface area contributed by atoms with E-state index in [2.05, 4.69) is 25.2 Å². The van der Waals surface area contributed by atoms with Crippen LogP contribution in [0.5, 0.6) is 5.75 Å². The maximum atomic E-state index is 11.9. The molecule has 0 atom stereocenters. The summed E-state index contributed by atoms with van der Waals surface area (Å²) in [7, 11) is 1.66. The van der Waals surface area contributed by atoms with Crippen LogP contribution < -0.4 is 15.4 Å². The molecule has 0 aliphatic rings. The lowest BCUT2D eigenvalue weighted by Gasteiger charge is -2.08. The third kappa shape index (κ3) is 4.47. The number of ether oxygens (including phenoxy) is 1. The number of carbonyl (C=O) groups is 1. The Bertz CT molecular complexity index is 832. The van der Waals surface area contributed by atoms with Crippen molar-refractivity contribution in [3.8, 4) is 5.75 Å². The lowest BCUT2D eigenvalue weighted by atomic mass is 10.2. The number of rotatable bonds is 8. The van der Waals surface area contributed by atoms with Gasteiger partial charge in [0.25, 0.3) is 0 Å². The molecule has 7 heteroatoms. The predicted octanol–water partition coefficient (Wildman–Crippen LogP) is 2.06. The largest absolute Gasteiger partial charge is 0.497 e. The van der Waals surface area contributed by atoms with Crippen molar-refractivity contribution in [1.29, 1.82) is 0 Å². The molecule has 3 aromatic rings. The van der Waals surface area contributed by atoms with Crippen LogP contribution >= 0.6 is 0 Å². The average molecular weight is 339 g/mol. The van der Waals surface area contributed by atoms with Gasteiger partial charge in [0, 0.05) is 55.5 Å². The fraction of sp³-hybridized carbons (Fsp3) is 0.278. The topological polar surface area (TPSA) is 81.1 Å². The molecule has 0 fully saturated rings. The van der Waals surface area contributed by atoms with Crippen molar-refractivity contribution in [2.24, 2.45) is 0 Å². The van der Waals surface area contributed by atoms with Gasteiger partial charge in [-0.3, -0.25) is 4.79 Å². The van der Waals surface area contributed by atoms with Crippen LogP contribution in [0.1, 0.15) is 6.42 Å². The third-order valence-electron chi connectivity index (χ3n) is 3.85. The predicted molar refractivity (Wildman–Crippen MR) is 96.6 cm³/mol. The second-order valence-electron chi connectivity index (χ2n) is 5.53. The van der Waals surface area contributed by atoms with Crippen LogP contribution in [0, 0.1) is 0 Å². The van der Waals surface area contributed by atoms with E-state index in [4.69, 9.17) is 4.74 Å². The quantitative estimate of drug-likeness (QED) is 0.656. The number of anilines is 1. The minimum atomic E-state index is 0.00145. The van der Waals surface area contributed by atoms with Crippen LogP contribution in [0.25, 0.3) is 10.9 Å². The first-order valence-electron chi connectivity index (χ1n) is 8.17. The van der Waals surface area contributed by atoms with Gasteiger partial charge in [0.2, 0.25) is 11.9 Å². The van der Waals surface area contributed by atoms with Gasteiger partial charge in [-0.2, -0.15) is 0 Å². The zero-order valence-corrected chi connectivity index (χ0v) is 14.1. The highest BCUT2D eigenvalue weighted by molar-refractivity contribution is 5.81. The summed E-state index contributed by atoms with van der Waals surface area (Å²) in [6.45, 7) is 1.80. The smallest absolute Gasteiger partial charge is 0.222 e. The molecule has 130 valence electrons. The van der Waals surface area contributed by atoms with E-state index < -0.39 is 0 Å². The SMILES string of the molecule is COc1ccc2c(ccn2CCNC(=O)CCNc2ncccn2)c1. The standard InChI is InChI=1S/C18H21N5O2/c1-25-15-3-4-16-14(13-15)6-11-23(16)12-10-19-17(24)5-9-22-18-20-7-2-8-21-18/h2-4,6-8,11,13H,5,9-10,12H2,1H3,(H,19,24)(H,20,21,22). The molecule has 2 aromatic heterocycles. The van der Waals surface area contributed by atoms with E-state index in [1.807, 2.05) is 30.5 Å². The molecule has 1 aromatic carbocycles. The number of methoxy groups -OCH3 is 1. The van der Waals surface area contributed by atoms with Gasteiger partial charge in [0.15, 0.2) is 0 Å². The Morgan fingerprint density at radius 2 is 2.04 bits per heavy atom. The van der Waals surface area contributed by atoms with E-state index in [0.29, 0.717) is 25.5 Å². The molecule has 0 saturated carbocycles. The fourth-order valence-corrected chi connectivity index (χ4v) is 2.58. The molecule has 3 rings (SSSR count). The van der Waals surface area contributed by atoms with Crippen LogP contribution in [-0.4, -0.2) is 40.6 Å². The second-order valence-corrected chi connectivity index (χ2v) is 5.53. The van der Waals surface area contributed by atoms with Gasteiger partial charge < -0.3 is 19.9 Å². The molecule has 0 saturated heterocycles. The number of nitrogens with zero attached hydrogens (tertiary/aromatic N) is 3. The van der Waals surface area contributed by atoms with Crippen molar-refractivity contribution in [1.82, 2.24) is 19.9 Å². The van der Waals surface area contributed by atoms with Gasteiger partial charge in [-0.25, -0.2) is 9.97 Å². The molecule has 1 amide bonds. The number of benzene rings is 1. The number of aromatic nitrogens is 3. The molecule has 7 nitrogen and oxygen atoms in total. The average Bonchev–Trinajstić information content (AvgIpc) is 3.05. The summed E-state index contributed by atoms with van der Waals surface area (Å²) in [5.74, 6) is 1.37. The molecule has 0 radical (unpaired) electrons. The Kier molecular flexibility index (Phi) is 5.46. The minimum Gasteiger partial charge on any atom is -0.497 e. The van der Waals surface area contributed by atoms with Crippen LogP contribution in [-0.2, 0) is 11.3 Å². The van der Waals surface area contributed by atoms with Crippen LogP contribution in [0.15, 0.2) is 48.9 Å². The Labute approximate surface area is 146 Å². The van der Waals surface area contributed by atoms with Gasteiger partial charge in [-0.1, -0.05) is 0 Å². The summed E-state index contributed by atoms with van der Waals surface area (Å²) in [6.07, 6.45) is 5.71. The number of nitrogens with one attached hydrogen (secondary N) is 2. The molecule has 25 heavy (non-hydrogen) atoms. The molecule has 0 aliphatic carbocycles. The summed E-state index contributed by atoms with van der Waals surface area (Å²) in [5.41, 5.74) is 1.12. The van der Waals surface area contributed by atoms with E-state index in [1.54, 1.807) is 25.6 Å². The molecule has 0 spiro atoms. The van der Waals surface area contributed by atoms with Gasteiger partial charge in [-0.15, -0.1) is 0 Å². The van der Waals surface area contributed by atoms with Crippen molar-refractivity contribution in [3.63, 3.8) is 0 Å². The van der Waals surface area contributed by atoms with E-state index in [1.165, 1.54) is 0 Å². The summed E-state index contributed by atoms with van der Waals surface area (Å²) >= 11 is 0. The van der Waals surface area contributed by atoms with Crippen molar-refractivity contribution >= 4 is 22.8 Å². The Morgan fingerprint density at radius 3 is 2.84 bits per heavy atom. The zero-order valence-electron chi connectivity index (χ0n) is 14.1. The number of fused-ring (bicyclic) bond motifs is 1. The first-order chi connectivity index (χ1) is 12.3. The van der Waals surface area contributed by atoms with Gasteiger partial charge in [0.05, 0.1) is 7.11 Å². The highest BCUT2D eigenvalue weighted by Crippen LogP contribution is 2.21. The van der Waals surface area contributed by atoms with Crippen LogP contribution in [0.3, 0.4) is 0 Å². The van der Waals surface area contributed by atoms with Crippen molar-refractivity contribution in [3.05, 3.63) is 48.9 Å². The number of hydrogen-bond donors (Lipinski definition) is 2. The molecule has 0 aliphatic heterocycles. The highest BCUT2D eigenvalue weighted by Gasteiger charge is 2.04. The summed E-state index contributed by atoms with van der Waals surface area (Å²) in [4.78, 5) is 20.0. The maximum Gasteiger partial charge on any atom is 0.222 e. The lowest BCUT2D eigenvalue weighted by molar-refractivity contribution is -0.120. The number of amides is 1. The van der Waals surface area contributed by atoms with E-state index in [0.717, 1.165) is 23.2 Å². The Morgan fingerprint density at radius 1 is 1.20 bits per heavy atom. The zero-order chi connectivity index (χ0) is 17.5. The lowest BCUT2D eigenvalue weighted by Crippen LogP contribution is -2.28. The molecule has 0 unspecified atom stereocenters. The number of hydrogen-bond acceptors (Lipinski definition) is 5. The summed E-state index contributed by atoms with van der Waals surface area (Å²) in [5, 5.41) is 7.07. The summed E-state index contributed by atoms with van der Waals surface area (Å²) in [6, 6.07) is 9.76. The Hall–Kier alpha value is -3.09. The van der Waals surface area contributed by atoms with Crippen LogP contribution in [0.2, 0.25) is 0 Å². The van der Waals surface area contributed by atoms with Crippen molar-refractivity contribution in [2.75, 3.05) is 25.5 Å². The third-order valence-corrected chi connectivity index (χ3v) is 3.85. The number of carbonyl (C=O) groups excluding carboxylic acids is 1. The first kappa shape index (κ1) is 16.8. The molecular weight excluding hydrogens is 318 g/mol. The summed E-state index contributed by atoms with van der Waals surface area (Å²) < 4.78 is 7.35. The van der Waals surface area contributed by atoms with Gasteiger partial charge in [-0.05, 0) is 30.3 Å². The van der Waals surface area contributed by atoms with Crippen molar-refractivity contribution < 1.29 is 9.53 Å². The van der Waals surface area contributed by atoms with Crippen LogP contribution in [0.4, 0.5) is 5.95 Å². The Balaban J connectivity index is 1.42.